The number of carbonyl (C=O) groups excluding carboxylic acids is 1. The molecule has 0 unspecified atom stereocenters. The molecule has 0 spiro atoms. The van der Waals surface area contributed by atoms with Crippen LogP contribution in [0.4, 0.5) is 0 Å². The molecule has 1 saturated heterocycles. The summed E-state index contributed by atoms with van der Waals surface area (Å²) < 4.78 is 5.24. The molecular formula is C12H25IN4O2. The minimum Gasteiger partial charge on any atom is -0.378 e. The Morgan fingerprint density at radius 1 is 1.37 bits per heavy atom. The molecule has 1 heterocycles. The van der Waals surface area contributed by atoms with E-state index in [4.69, 9.17) is 10.5 Å². The van der Waals surface area contributed by atoms with E-state index in [1.807, 2.05) is 25.7 Å². The molecule has 6 nitrogen and oxygen atoms in total. The van der Waals surface area contributed by atoms with Crippen LogP contribution < -0.4 is 11.1 Å². The summed E-state index contributed by atoms with van der Waals surface area (Å²) in [6, 6.07) is 0. The molecule has 0 atom stereocenters. The van der Waals surface area contributed by atoms with E-state index < -0.39 is 0 Å². The number of guanidine groups is 1. The molecule has 1 fully saturated rings. The zero-order chi connectivity index (χ0) is 13.6. The summed E-state index contributed by atoms with van der Waals surface area (Å²) in [7, 11) is 0. The molecule has 1 amide bonds. The lowest BCUT2D eigenvalue weighted by atomic mass is 9.96. The highest BCUT2D eigenvalue weighted by Gasteiger charge is 2.20. The van der Waals surface area contributed by atoms with Gasteiger partial charge in [0.2, 0.25) is 5.91 Å². The van der Waals surface area contributed by atoms with Gasteiger partial charge in [0.15, 0.2) is 5.96 Å². The number of hydrogen-bond acceptors (Lipinski definition) is 3. The van der Waals surface area contributed by atoms with E-state index in [-0.39, 0.29) is 35.3 Å². The summed E-state index contributed by atoms with van der Waals surface area (Å²) in [6.07, 6.45) is 0. The van der Waals surface area contributed by atoms with E-state index in [1.165, 1.54) is 0 Å². The van der Waals surface area contributed by atoms with Crippen molar-refractivity contribution < 1.29 is 9.53 Å². The van der Waals surface area contributed by atoms with Crippen molar-refractivity contribution >= 4 is 35.8 Å². The highest BCUT2D eigenvalue weighted by molar-refractivity contribution is 14.0. The summed E-state index contributed by atoms with van der Waals surface area (Å²) in [4.78, 5) is 17.8. The first kappa shape index (κ1) is 18.4. The van der Waals surface area contributed by atoms with E-state index in [0.717, 1.165) is 13.1 Å². The largest absolute Gasteiger partial charge is 0.378 e. The summed E-state index contributed by atoms with van der Waals surface area (Å²) in [5.74, 6) is 0.561. The zero-order valence-electron chi connectivity index (χ0n) is 11.9. The molecule has 0 aromatic heterocycles. The van der Waals surface area contributed by atoms with Gasteiger partial charge in [0.05, 0.1) is 19.8 Å². The number of halogens is 1. The van der Waals surface area contributed by atoms with E-state index in [9.17, 15) is 4.79 Å². The molecule has 0 bridgehead atoms. The lowest BCUT2D eigenvalue weighted by Gasteiger charge is -2.27. The molecule has 1 aliphatic rings. The van der Waals surface area contributed by atoms with Crippen molar-refractivity contribution in [3.63, 3.8) is 0 Å². The molecule has 1 aliphatic heterocycles. The number of rotatable bonds is 3. The smallest absolute Gasteiger partial charge is 0.225 e. The maximum absolute atomic E-state index is 11.6. The van der Waals surface area contributed by atoms with Crippen LogP contribution in [0.3, 0.4) is 0 Å². The van der Waals surface area contributed by atoms with Gasteiger partial charge in [-0.05, 0) is 0 Å². The Bertz CT molecular complexity index is 309. The van der Waals surface area contributed by atoms with Crippen LogP contribution >= 0.6 is 24.0 Å². The van der Waals surface area contributed by atoms with E-state index >= 15 is 0 Å². The molecule has 112 valence electrons. The van der Waals surface area contributed by atoms with Crippen molar-refractivity contribution in [3.8, 4) is 0 Å². The first-order valence-electron chi connectivity index (χ1n) is 6.32. The van der Waals surface area contributed by atoms with E-state index in [1.54, 1.807) is 0 Å². The summed E-state index contributed by atoms with van der Waals surface area (Å²) >= 11 is 0. The van der Waals surface area contributed by atoms with Crippen molar-refractivity contribution in [2.24, 2.45) is 16.1 Å². The van der Waals surface area contributed by atoms with Crippen LogP contribution in [-0.2, 0) is 9.53 Å². The van der Waals surface area contributed by atoms with Crippen molar-refractivity contribution in [2.45, 2.75) is 20.8 Å². The third-order valence-electron chi connectivity index (χ3n) is 2.69. The molecule has 1 rings (SSSR count). The second kappa shape index (κ2) is 8.57. The summed E-state index contributed by atoms with van der Waals surface area (Å²) in [5.41, 5.74) is 5.50. The third kappa shape index (κ3) is 6.95. The van der Waals surface area contributed by atoms with Crippen molar-refractivity contribution in [1.82, 2.24) is 10.2 Å². The monoisotopic (exact) mass is 384 g/mol. The van der Waals surface area contributed by atoms with Crippen molar-refractivity contribution in [1.29, 1.82) is 0 Å². The standard InChI is InChI=1S/C12H24N4O2.HI/c1-12(2,3)10(17)14-4-5-15-11(13)16-6-8-18-9-7-16;/h4-9H2,1-3H3,(H2,13,15)(H,14,17);1H. The lowest BCUT2D eigenvalue weighted by molar-refractivity contribution is -0.128. The van der Waals surface area contributed by atoms with Gasteiger partial charge >= 0.3 is 0 Å². The van der Waals surface area contributed by atoms with Gasteiger partial charge in [0, 0.05) is 25.0 Å². The van der Waals surface area contributed by atoms with Crippen LogP contribution in [0.15, 0.2) is 4.99 Å². The van der Waals surface area contributed by atoms with Gasteiger partial charge in [-0.1, -0.05) is 20.8 Å². The van der Waals surface area contributed by atoms with E-state index in [0.29, 0.717) is 32.3 Å². The normalized spacial score (nSPS) is 16.8. The van der Waals surface area contributed by atoms with Crippen LogP contribution in [0, 0.1) is 5.41 Å². The van der Waals surface area contributed by atoms with Gasteiger partial charge in [-0.15, -0.1) is 24.0 Å². The SMILES string of the molecule is CC(C)(C)C(=O)NCCN=C(N)N1CCOCC1.I. The number of ether oxygens (including phenoxy) is 1. The maximum atomic E-state index is 11.6. The number of carbonyl (C=O) groups is 1. The fourth-order valence-electron chi connectivity index (χ4n) is 1.50. The fourth-order valence-corrected chi connectivity index (χ4v) is 1.50. The number of hydrogen-bond donors (Lipinski definition) is 2. The Hall–Kier alpha value is -0.570. The molecule has 7 heteroatoms. The molecule has 3 N–H and O–H groups in total. The Kier molecular flexibility index (Phi) is 8.31. The molecule has 0 aliphatic carbocycles. The molecule has 0 saturated carbocycles. The topological polar surface area (TPSA) is 80.0 Å². The first-order chi connectivity index (χ1) is 8.41. The number of aliphatic imine (C=N–C) groups is 1. The number of nitrogens with two attached hydrogens (primary N) is 1. The van der Waals surface area contributed by atoms with Gasteiger partial charge < -0.3 is 20.7 Å². The van der Waals surface area contributed by atoms with Crippen LogP contribution in [0.25, 0.3) is 0 Å². The summed E-state index contributed by atoms with van der Waals surface area (Å²) in [6.45, 7) is 9.61. The second-order valence-corrected chi connectivity index (χ2v) is 5.35. The Morgan fingerprint density at radius 3 is 2.47 bits per heavy atom. The number of morpholine rings is 1. The molecule has 0 radical (unpaired) electrons. The number of nitrogens with one attached hydrogen (secondary N) is 1. The molecular weight excluding hydrogens is 359 g/mol. The zero-order valence-corrected chi connectivity index (χ0v) is 14.3. The fraction of sp³-hybridized carbons (Fsp3) is 0.833. The van der Waals surface area contributed by atoms with Crippen LogP contribution in [0.2, 0.25) is 0 Å². The average Bonchev–Trinajstić information content (AvgIpc) is 2.34. The Balaban J connectivity index is 0.00000324. The number of amides is 1. The van der Waals surface area contributed by atoms with E-state index in [2.05, 4.69) is 10.3 Å². The molecule has 19 heavy (non-hydrogen) atoms. The van der Waals surface area contributed by atoms with Gasteiger partial charge in [-0.3, -0.25) is 9.79 Å². The van der Waals surface area contributed by atoms with Crippen LogP contribution in [0.5, 0.6) is 0 Å². The van der Waals surface area contributed by atoms with Crippen LogP contribution in [0.1, 0.15) is 20.8 Å². The number of nitrogens with zero attached hydrogens (tertiary/aromatic N) is 2. The lowest BCUT2D eigenvalue weighted by Crippen LogP contribution is -2.45. The van der Waals surface area contributed by atoms with Crippen LogP contribution in [-0.4, -0.2) is 56.2 Å². The minimum atomic E-state index is -0.362. The van der Waals surface area contributed by atoms with Gasteiger partial charge in [0.1, 0.15) is 0 Å². The van der Waals surface area contributed by atoms with Crippen molar-refractivity contribution in [3.05, 3.63) is 0 Å². The first-order valence-corrected chi connectivity index (χ1v) is 6.32. The van der Waals surface area contributed by atoms with Gasteiger partial charge in [0.25, 0.3) is 0 Å². The predicted octanol–water partition coefficient (Wildman–Crippen LogP) is 0.414. The summed E-state index contributed by atoms with van der Waals surface area (Å²) in [5, 5.41) is 2.84. The Morgan fingerprint density at radius 2 is 1.95 bits per heavy atom. The highest BCUT2D eigenvalue weighted by Crippen LogP contribution is 2.11. The minimum absolute atomic E-state index is 0. The average molecular weight is 384 g/mol. The second-order valence-electron chi connectivity index (χ2n) is 5.35. The molecule has 0 aromatic carbocycles. The van der Waals surface area contributed by atoms with Gasteiger partial charge in [-0.2, -0.15) is 0 Å². The maximum Gasteiger partial charge on any atom is 0.225 e. The van der Waals surface area contributed by atoms with Crippen molar-refractivity contribution in [2.75, 3.05) is 39.4 Å². The predicted molar refractivity (Wildman–Crippen MR) is 86.8 cm³/mol. The quantitative estimate of drug-likeness (QED) is 0.320. The van der Waals surface area contributed by atoms with Gasteiger partial charge in [-0.25, -0.2) is 0 Å². The Labute approximate surface area is 132 Å². The third-order valence-corrected chi connectivity index (χ3v) is 2.69. The molecule has 0 aromatic rings. The highest BCUT2D eigenvalue weighted by atomic mass is 127.